The summed E-state index contributed by atoms with van der Waals surface area (Å²) in [7, 11) is 0. The Hall–Kier alpha value is -3.51. The predicted octanol–water partition coefficient (Wildman–Crippen LogP) is 3.79. The number of amides is 2. The van der Waals surface area contributed by atoms with Crippen LogP contribution in [0.3, 0.4) is 0 Å². The molecule has 1 fully saturated rings. The SMILES string of the molecule is O=C(NC(=S)NNC(=O)[C@H]1C[C@@H]1c1ccccc1)c1ccc(-c2ccccc2)cc1. The van der Waals surface area contributed by atoms with E-state index in [1.54, 1.807) is 12.1 Å². The summed E-state index contributed by atoms with van der Waals surface area (Å²) in [6, 6.07) is 27.1. The fraction of sp³-hybridized carbons (Fsp3) is 0.125. The highest BCUT2D eigenvalue weighted by atomic mass is 32.1. The van der Waals surface area contributed by atoms with Gasteiger partial charge in [-0.25, -0.2) is 0 Å². The van der Waals surface area contributed by atoms with Gasteiger partial charge in [-0.05, 0) is 53.4 Å². The molecule has 1 aliphatic carbocycles. The fourth-order valence-electron chi connectivity index (χ4n) is 3.42. The van der Waals surface area contributed by atoms with Crippen molar-refractivity contribution in [3.63, 3.8) is 0 Å². The minimum atomic E-state index is -0.338. The molecule has 0 aliphatic heterocycles. The van der Waals surface area contributed by atoms with E-state index < -0.39 is 0 Å². The fourth-order valence-corrected chi connectivity index (χ4v) is 3.56. The van der Waals surface area contributed by atoms with E-state index >= 15 is 0 Å². The van der Waals surface area contributed by atoms with Crippen LogP contribution in [0.25, 0.3) is 11.1 Å². The highest BCUT2D eigenvalue weighted by molar-refractivity contribution is 7.80. The van der Waals surface area contributed by atoms with Crippen molar-refractivity contribution in [2.24, 2.45) is 5.92 Å². The molecule has 6 heteroatoms. The quantitative estimate of drug-likeness (QED) is 0.448. The van der Waals surface area contributed by atoms with E-state index in [-0.39, 0.29) is 28.8 Å². The van der Waals surface area contributed by atoms with Crippen LogP contribution in [0, 0.1) is 5.92 Å². The third-order valence-electron chi connectivity index (χ3n) is 5.14. The van der Waals surface area contributed by atoms with Gasteiger partial charge < -0.3 is 0 Å². The summed E-state index contributed by atoms with van der Waals surface area (Å²) in [6.07, 6.45) is 0.810. The van der Waals surface area contributed by atoms with Crippen molar-refractivity contribution >= 4 is 29.1 Å². The molecular formula is C24H21N3O2S. The lowest BCUT2D eigenvalue weighted by molar-refractivity contribution is -0.123. The number of benzene rings is 3. The van der Waals surface area contributed by atoms with E-state index in [2.05, 4.69) is 16.2 Å². The first-order chi connectivity index (χ1) is 14.6. The van der Waals surface area contributed by atoms with Gasteiger partial charge in [-0.15, -0.1) is 0 Å². The second kappa shape index (κ2) is 8.88. The molecule has 0 aromatic heterocycles. The molecule has 0 radical (unpaired) electrons. The van der Waals surface area contributed by atoms with Crippen LogP contribution in [-0.2, 0) is 4.79 Å². The monoisotopic (exact) mass is 415 g/mol. The average Bonchev–Trinajstić information content (AvgIpc) is 3.60. The molecule has 2 amide bonds. The Morgan fingerprint density at radius 1 is 0.767 bits per heavy atom. The van der Waals surface area contributed by atoms with Crippen molar-refractivity contribution in [2.45, 2.75) is 12.3 Å². The van der Waals surface area contributed by atoms with E-state index in [9.17, 15) is 9.59 Å². The summed E-state index contributed by atoms with van der Waals surface area (Å²) in [4.78, 5) is 24.7. The maximum Gasteiger partial charge on any atom is 0.257 e. The third kappa shape index (κ3) is 4.72. The topological polar surface area (TPSA) is 70.2 Å². The van der Waals surface area contributed by atoms with Crippen molar-refractivity contribution in [3.8, 4) is 11.1 Å². The maximum absolute atomic E-state index is 12.4. The molecule has 3 aromatic rings. The first-order valence-electron chi connectivity index (χ1n) is 9.73. The smallest absolute Gasteiger partial charge is 0.257 e. The predicted molar refractivity (Wildman–Crippen MR) is 121 cm³/mol. The van der Waals surface area contributed by atoms with Crippen molar-refractivity contribution in [1.29, 1.82) is 0 Å². The van der Waals surface area contributed by atoms with Gasteiger partial charge in [0.1, 0.15) is 0 Å². The van der Waals surface area contributed by atoms with Crippen LogP contribution in [0.5, 0.6) is 0 Å². The molecular weight excluding hydrogens is 394 g/mol. The van der Waals surface area contributed by atoms with E-state index in [1.165, 1.54) is 0 Å². The van der Waals surface area contributed by atoms with Crippen LogP contribution in [0.1, 0.15) is 28.3 Å². The Kier molecular flexibility index (Phi) is 5.86. The Bertz CT molecular complexity index is 1050. The molecule has 5 nitrogen and oxygen atoms in total. The van der Waals surface area contributed by atoms with Gasteiger partial charge in [0.25, 0.3) is 5.91 Å². The Morgan fingerprint density at radius 2 is 1.37 bits per heavy atom. The highest BCUT2D eigenvalue weighted by Crippen LogP contribution is 2.47. The summed E-state index contributed by atoms with van der Waals surface area (Å²) < 4.78 is 0. The molecule has 150 valence electrons. The van der Waals surface area contributed by atoms with Crippen molar-refractivity contribution in [1.82, 2.24) is 16.2 Å². The lowest BCUT2D eigenvalue weighted by Crippen LogP contribution is -2.49. The summed E-state index contributed by atoms with van der Waals surface area (Å²) >= 11 is 5.12. The lowest BCUT2D eigenvalue weighted by atomic mass is 10.0. The van der Waals surface area contributed by atoms with Crippen molar-refractivity contribution in [2.75, 3.05) is 0 Å². The Balaban J connectivity index is 1.25. The number of hydrazine groups is 1. The van der Waals surface area contributed by atoms with Gasteiger partial charge >= 0.3 is 0 Å². The minimum Gasteiger partial charge on any atom is -0.298 e. The van der Waals surface area contributed by atoms with Crippen molar-refractivity contribution < 1.29 is 9.59 Å². The molecule has 4 rings (SSSR count). The summed E-state index contributed by atoms with van der Waals surface area (Å²) in [5.41, 5.74) is 8.95. The van der Waals surface area contributed by atoms with Crippen LogP contribution in [0.2, 0.25) is 0 Å². The first kappa shape index (κ1) is 19.8. The number of nitrogens with one attached hydrogen (secondary N) is 3. The molecule has 1 saturated carbocycles. The molecule has 1 aliphatic rings. The van der Waals surface area contributed by atoms with E-state index in [4.69, 9.17) is 12.2 Å². The maximum atomic E-state index is 12.4. The van der Waals surface area contributed by atoms with Gasteiger partial charge in [-0.3, -0.25) is 25.8 Å². The van der Waals surface area contributed by atoms with Gasteiger partial charge in [-0.1, -0.05) is 72.8 Å². The van der Waals surface area contributed by atoms with E-state index in [1.807, 2.05) is 72.8 Å². The lowest BCUT2D eigenvalue weighted by Gasteiger charge is -2.11. The molecule has 0 bridgehead atoms. The normalized spacial score (nSPS) is 16.9. The molecule has 0 heterocycles. The standard InChI is InChI=1S/C24H21N3O2S/c28-22(19-13-11-17(12-14-19)16-7-3-1-4-8-16)25-24(30)27-26-23(29)21-15-20(21)18-9-5-2-6-10-18/h1-14,20-21H,15H2,(H,26,29)(H2,25,27,28,30)/t20-,21+/m1/s1. The van der Waals surface area contributed by atoms with Gasteiger partial charge in [0.2, 0.25) is 5.91 Å². The number of carbonyl (C=O) groups is 2. The molecule has 2 atom stereocenters. The number of carbonyl (C=O) groups excluding carboxylic acids is 2. The molecule has 3 aromatic carbocycles. The molecule has 0 spiro atoms. The zero-order valence-corrected chi connectivity index (χ0v) is 17.0. The van der Waals surface area contributed by atoms with Crippen molar-refractivity contribution in [3.05, 3.63) is 96.1 Å². The van der Waals surface area contributed by atoms with Gasteiger partial charge in [-0.2, -0.15) is 0 Å². The van der Waals surface area contributed by atoms with Gasteiger partial charge in [0.15, 0.2) is 5.11 Å². The van der Waals surface area contributed by atoms with Crippen LogP contribution in [-0.4, -0.2) is 16.9 Å². The largest absolute Gasteiger partial charge is 0.298 e. The van der Waals surface area contributed by atoms with E-state index in [0.717, 1.165) is 23.1 Å². The number of hydrogen-bond acceptors (Lipinski definition) is 3. The second-order valence-electron chi connectivity index (χ2n) is 7.20. The number of rotatable bonds is 4. The average molecular weight is 416 g/mol. The number of thiocarbonyl (C=S) groups is 1. The Labute approximate surface area is 180 Å². The number of hydrogen-bond donors (Lipinski definition) is 3. The molecule has 3 N–H and O–H groups in total. The zero-order chi connectivity index (χ0) is 20.9. The summed E-state index contributed by atoms with van der Waals surface area (Å²) in [5, 5.41) is 2.63. The summed E-state index contributed by atoms with van der Waals surface area (Å²) in [6.45, 7) is 0. The summed E-state index contributed by atoms with van der Waals surface area (Å²) in [5.74, 6) is -0.314. The van der Waals surface area contributed by atoms with Crippen LogP contribution < -0.4 is 16.2 Å². The van der Waals surface area contributed by atoms with E-state index in [0.29, 0.717) is 5.56 Å². The first-order valence-corrected chi connectivity index (χ1v) is 10.1. The van der Waals surface area contributed by atoms with Gasteiger partial charge in [0.05, 0.1) is 0 Å². The van der Waals surface area contributed by atoms with Gasteiger partial charge in [0, 0.05) is 11.5 Å². The third-order valence-corrected chi connectivity index (χ3v) is 5.34. The van der Waals surface area contributed by atoms with Crippen LogP contribution in [0.15, 0.2) is 84.9 Å². The molecule has 0 saturated heterocycles. The minimum absolute atomic E-state index is 0.0531. The molecule has 0 unspecified atom stereocenters. The Morgan fingerprint density at radius 3 is 2.03 bits per heavy atom. The zero-order valence-electron chi connectivity index (χ0n) is 16.2. The highest BCUT2D eigenvalue weighted by Gasteiger charge is 2.43. The van der Waals surface area contributed by atoms with Crippen LogP contribution >= 0.6 is 12.2 Å². The van der Waals surface area contributed by atoms with Crippen LogP contribution in [0.4, 0.5) is 0 Å². The second-order valence-corrected chi connectivity index (χ2v) is 7.61. The molecule has 30 heavy (non-hydrogen) atoms.